The number of nitro groups is 1. The molecule has 0 saturated carbocycles. The summed E-state index contributed by atoms with van der Waals surface area (Å²) in [5.74, 6) is 0.0635. The molecule has 1 unspecified atom stereocenters. The molecule has 1 fully saturated rings. The van der Waals surface area contributed by atoms with E-state index in [1.807, 2.05) is 0 Å². The third-order valence-corrected chi connectivity index (χ3v) is 2.59. The fourth-order valence-electron chi connectivity index (χ4n) is 1.77. The molecule has 8 nitrogen and oxygen atoms in total. The van der Waals surface area contributed by atoms with Gasteiger partial charge in [0.1, 0.15) is 12.5 Å². The summed E-state index contributed by atoms with van der Waals surface area (Å²) in [5, 5.41) is 19.3. The molecule has 0 radical (unpaired) electrons. The molecule has 1 aliphatic heterocycles. The van der Waals surface area contributed by atoms with E-state index in [9.17, 15) is 14.9 Å². The van der Waals surface area contributed by atoms with E-state index in [4.69, 9.17) is 14.6 Å². The second-order valence-electron chi connectivity index (χ2n) is 3.90. The molecule has 0 aliphatic carbocycles. The van der Waals surface area contributed by atoms with Gasteiger partial charge in [0.05, 0.1) is 17.6 Å². The van der Waals surface area contributed by atoms with Crippen molar-refractivity contribution in [2.45, 2.75) is 12.5 Å². The molecule has 0 bridgehead atoms. The average molecular weight is 269 g/mol. The molecule has 8 heteroatoms. The second-order valence-corrected chi connectivity index (χ2v) is 3.90. The van der Waals surface area contributed by atoms with Crippen LogP contribution in [0, 0.1) is 10.1 Å². The van der Waals surface area contributed by atoms with Gasteiger partial charge in [-0.25, -0.2) is 4.79 Å². The lowest BCUT2D eigenvalue weighted by molar-refractivity contribution is -0.384. The Hall–Kier alpha value is -2.19. The smallest absolute Gasteiger partial charge is 0.449 e. The van der Waals surface area contributed by atoms with Gasteiger partial charge in [-0.1, -0.05) is 0 Å². The third kappa shape index (κ3) is 3.39. The van der Waals surface area contributed by atoms with Crippen LogP contribution >= 0.6 is 0 Å². The SMILES string of the molecule is O=C(O)Oc1ccc([N+](=O)[O-])cc1CC1COCO1. The van der Waals surface area contributed by atoms with E-state index in [-0.39, 0.29) is 30.8 Å². The number of benzene rings is 1. The highest BCUT2D eigenvalue weighted by molar-refractivity contribution is 5.62. The van der Waals surface area contributed by atoms with E-state index in [0.29, 0.717) is 12.2 Å². The quantitative estimate of drug-likeness (QED) is 0.382. The Balaban J connectivity index is 2.25. The predicted molar refractivity (Wildman–Crippen MR) is 61.1 cm³/mol. The molecule has 1 aromatic rings. The summed E-state index contributed by atoms with van der Waals surface area (Å²) >= 11 is 0. The molecule has 19 heavy (non-hydrogen) atoms. The molecule has 1 saturated heterocycles. The molecule has 1 heterocycles. The molecule has 0 spiro atoms. The monoisotopic (exact) mass is 269 g/mol. The number of nitro benzene ring substituents is 1. The van der Waals surface area contributed by atoms with E-state index in [2.05, 4.69) is 4.74 Å². The normalized spacial score (nSPS) is 18.2. The van der Waals surface area contributed by atoms with Gasteiger partial charge in [0, 0.05) is 24.1 Å². The maximum atomic E-state index is 10.7. The Morgan fingerprint density at radius 3 is 2.95 bits per heavy atom. The molecular formula is C11H11NO7. The number of carbonyl (C=O) groups is 1. The molecule has 0 aromatic heterocycles. The Kier molecular flexibility index (Phi) is 3.93. The van der Waals surface area contributed by atoms with Crippen LogP contribution in [-0.2, 0) is 15.9 Å². The van der Waals surface area contributed by atoms with Crippen molar-refractivity contribution in [1.29, 1.82) is 0 Å². The Labute approximate surface area is 107 Å². The number of rotatable bonds is 4. The second kappa shape index (κ2) is 5.63. The lowest BCUT2D eigenvalue weighted by Crippen LogP contribution is -2.15. The molecule has 1 aromatic carbocycles. The summed E-state index contributed by atoms with van der Waals surface area (Å²) in [4.78, 5) is 20.7. The first-order chi connectivity index (χ1) is 9.06. The largest absolute Gasteiger partial charge is 0.511 e. The Morgan fingerprint density at radius 2 is 2.37 bits per heavy atom. The average Bonchev–Trinajstić information content (AvgIpc) is 2.83. The highest BCUT2D eigenvalue weighted by Gasteiger charge is 2.21. The van der Waals surface area contributed by atoms with Gasteiger partial charge in [-0.3, -0.25) is 10.1 Å². The minimum atomic E-state index is -1.47. The fourth-order valence-corrected chi connectivity index (χ4v) is 1.77. The number of ether oxygens (including phenoxy) is 3. The van der Waals surface area contributed by atoms with Gasteiger partial charge in [0.15, 0.2) is 0 Å². The van der Waals surface area contributed by atoms with Gasteiger partial charge in [-0.05, 0) is 6.07 Å². The summed E-state index contributed by atoms with van der Waals surface area (Å²) in [6.07, 6.45) is -1.46. The summed E-state index contributed by atoms with van der Waals surface area (Å²) in [5.41, 5.74) is 0.263. The highest BCUT2D eigenvalue weighted by atomic mass is 16.7. The zero-order valence-electron chi connectivity index (χ0n) is 9.77. The van der Waals surface area contributed by atoms with Gasteiger partial charge in [-0.15, -0.1) is 0 Å². The standard InChI is InChI=1S/C11H11NO7/c13-11(14)19-10-2-1-8(12(15)16)3-7(10)4-9-5-17-6-18-9/h1-3,9H,4-6H2,(H,13,14). The van der Waals surface area contributed by atoms with Crippen LogP contribution in [0.15, 0.2) is 18.2 Å². The van der Waals surface area contributed by atoms with Crippen LogP contribution in [0.2, 0.25) is 0 Å². The Morgan fingerprint density at radius 1 is 1.58 bits per heavy atom. The van der Waals surface area contributed by atoms with Crippen LogP contribution in [0.3, 0.4) is 0 Å². The van der Waals surface area contributed by atoms with Crippen molar-refractivity contribution < 1.29 is 29.0 Å². The molecule has 1 N–H and O–H groups in total. The zero-order chi connectivity index (χ0) is 13.8. The van der Waals surface area contributed by atoms with E-state index in [1.54, 1.807) is 0 Å². The fraction of sp³-hybridized carbons (Fsp3) is 0.364. The maximum absolute atomic E-state index is 10.7. The first kappa shape index (κ1) is 13.2. The highest BCUT2D eigenvalue weighted by Crippen LogP contribution is 2.27. The number of hydrogen-bond donors (Lipinski definition) is 1. The van der Waals surface area contributed by atoms with Crippen molar-refractivity contribution in [2.24, 2.45) is 0 Å². The molecular weight excluding hydrogens is 258 g/mol. The Bertz CT molecular complexity index is 496. The molecule has 1 atom stereocenters. The van der Waals surface area contributed by atoms with Crippen molar-refractivity contribution in [3.63, 3.8) is 0 Å². The number of nitrogens with zero attached hydrogens (tertiary/aromatic N) is 1. The van der Waals surface area contributed by atoms with Gasteiger partial charge < -0.3 is 19.3 Å². The molecule has 1 aliphatic rings. The van der Waals surface area contributed by atoms with Crippen LogP contribution in [0.1, 0.15) is 5.56 Å². The lowest BCUT2D eigenvalue weighted by Gasteiger charge is -2.11. The van der Waals surface area contributed by atoms with Crippen molar-refractivity contribution in [1.82, 2.24) is 0 Å². The summed E-state index contributed by atoms with van der Waals surface area (Å²) in [7, 11) is 0. The van der Waals surface area contributed by atoms with E-state index in [0.717, 1.165) is 0 Å². The predicted octanol–water partition coefficient (Wildman–Crippen LogP) is 1.57. The number of carboxylic acid groups (broad SMARTS) is 1. The minimum absolute atomic E-state index is 0.0635. The first-order valence-corrected chi connectivity index (χ1v) is 5.43. The van der Waals surface area contributed by atoms with E-state index < -0.39 is 11.1 Å². The molecule has 102 valence electrons. The zero-order valence-corrected chi connectivity index (χ0v) is 9.77. The molecule has 2 rings (SSSR count). The van der Waals surface area contributed by atoms with Gasteiger partial charge in [0.2, 0.25) is 0 Å². The summed E-state index contributed by atoms with van der Waals surface area (Å²) in [6.45, 7) is 0.518. The van der Waals surface area contributed by atoms with Crippen molar-refractivity contribution >= 4 is 11.8 Å². The van der Waals surface area contributed by atoms with Gasteiger partial charge in [0.25, 0.3) is 5.69 Å². The molecule has 0 amide bonds. The number of hydrogen-bond acceptors (Lipinski definition) is 6. The van der Waals surface area contributed by atoms with Crippen LogP contribution in [-0.4, -0.2) is 35.7 Å². The third-order valence-electron chi connectivity index (χ3n) is 2.59. The number of non-ortho nitro benzene ring substituents is 1. The first-order valence-electron chi connectivity index (χ1n) is 5.43. The van der Waals surface area contributed by atoms with Gasteiger partial charge in [-0.2, -0.15) is 0 Å². The van der Waals surface area contributed by atoms with Crippen LogP contribution in [0.5, 0.6) is 5.75 Å². The maximum Gasteiger partial charge on any atom is 0.511 e. The lowest BCUT2D eigenvalue weighted by atomic mass is 10.1. The van der Waals surface area contributed by atoms with Crippen LogP contribution < -0.4 is 4.74 Å². The van der Waals surface area contributed by atoms with Crippen molar-refractivity contribution in [2.75, 3.05) is 13.4 Å². The van der Waals surface area contributed by atoms with E-state index >= 15 is 0 Å². The summed E-state index contributed by atoms with van der Waals surface area (Å²) in [6, 6.07) is 3.73. The summed E-state index contributed by atoms with van der Waals surface area (Å²) < 4.78 is 14.8. The minimum Gasteiger partial charge on any atom is -0.449 e. The van der Waals surface area contributed by atoms with Crippen LogP contribution in [0.25, 0.3) is 0 Å². The van der Waals surface area contributed by atoms with E-state index in [1.165, 1.54) is 18.2 Å². The van der Waals surface area contributed by atoms with Crippen LogP contribution in [0.4, 0.5) is 10.5 Å². The topological polar surface area (TPSA) is 108 Å². The van der Waals surface area contributed by atoms with Crippen molar-refractivity contribution in [3.8, 4) is 5.75 Å². The van der Waals surface area contributed by atoms with Crippen molar-refractivity contribution in [3.05, 3.63) is 33.9 Å². The van der Waals surface area contributed by atoms with Gasteiger partial charge >= 0.3 is 6.16 Å².